The number of benzene rings is 2. The number of fused-ring (bicyclic) bond motifs is 2. The highest BCUT2D eigenvalue weighted by Crippen LogP contribution is 2.56. The first-order chi connectivity index (χ1) is 19.2. The third kappa shape index (κ3) is 4.76. The number of aromatic nitrogens is 2. The molecule has 0 unspecified atom stereocenters. The fourth-order valence-corrected chi connectivity index (χ4v) is 5.50. The maximum Gasteiger partial charge on any atom is 0.421 e. The molecule has 1 aliphatic carbocycles. The van der Waals surface area contributed by atoms with E-state index in [1.165, 1.54) is 0 Å². The summed E-state index contributed by atoms with van der Waals surface area (Å²) in [4.78, 5) is 25.2. The van der Waals surface area contributed by atoms with Crippen molar-refractivity contribution in [3.8, 4) is 5.75 Å². The standard InChI is InChI=1S/C28H30F3N7O2/c1-37-10-12-38(13-11-37)18-6-7-20(22(14-18)40-2)35-26-33-16-19(28(29,30)31)24(36-26)32-15-17-4-3-5-21-23(17)27(8-9-27)25(39)34-21/h3-7,14,16H,8-13,15H2,1-2H3,(H,34,39)(H2,32,33,35,36). The lowest BCUT2D eigenvalue weighted by atomic mass is 9.92. The van der Waals surface area contributed by atoms with E-state index >= 15 is 0 Å². The Morgan fingerprint density at radius 3 is 2.60 bits per heavy atom. The second kappa shape index (κ2) is 9.84. The maximum atomic E-state index is 13.9. The molecule has 1 saturated heterocycles. The molecule has 1 aromatic heterocycles. The Balaban J connectivity index is 1.25. The molecule has 6 rings (SSSR count). The van der Waals surface area contributed by atoms with Gasteiger partial charge >= 0.3 is 6.18 Å². The Morgan fingerprint density at radius 2 is 1.90 bits per heavy atom. The van der Waals surface area contributed by atoms with Crippen molar-refractivity contribution in [1.82, 2.24) is 14.9 Å². The third-order valence-electron chi connectivity index (χ3n) is 7.90. The molecule has 3 N–H and O–H groups in total. The highest BCUT2D eigenvalue weighted by atomic mass is 19.4. The van der Waals surface area contributed by atoms with Crippen LogP contribution in [0.25, 0.3) is 0 Å². The Morgan fingerprint density at radius 1 is 1.12 bits per heavy atom. The molecule has 3 aromatic rings. The first kappa shape index (κ1) is 26.2. The van der Waals surface area contributed by atoms with Crippen molar-refractivity contribution in [2.75, 3.05) is 61.2 Å². The first-order valence-electron chi connectivity index (χ1n) is 13.2. The summed E-state index contributed by atoms with van der Waals surface area (Å²) in [6.45, 7) is 3.76. The van der Waals surface area contributed by atoms with Gasteiger partial charge in [-0.15, -0.1) is 0 Å². The number of halogens is 3. The number of nitrogens with zero attached hydrogens (tertiary/aromatic N) is 4. The van der Waals surface area contributed by atoms with Crippen LogP contribution in [0.2, 0.25) is 0 Å². The minimum atomic E-state index is -4.66. The number of likely N-dealkylation sites (N-methyl/N-ethyl adjacent to an activating group) is 1. The van der Waals surface area contributed by atoms with E-state index in [-0.39, 0.29) is 24.2 Å². The fourth-order valence-electron chi connectivity index (χ4n) is 5.50. The van der Waals surface area contributed by atoms with Gasteiger partial charge in [0, 0.05) is 56.4 Å². The Labute approximate surface area is 229 Å². The monoisotopic (exact) mass is 553 g/mol. The Bertz CT molecular complexity index is 1450. The normalized spacial score (nSPS) is 17.9. The number of piperazine rings is 1. The molecule has 40 heavy (non-hydrogen) atoms. The first-order valence-corrected chi connectivity index (χ1v) is 13.2. The Hall–Kier alpha value is -4.06. The number of nitrogens with one attached hydrogen (secondary N) is 3. The number of amides is 1. The lowest BCUT2D eigenvalue weighted by Crippen LogP contribution is -2.44. The van der Waals surface area contributed by atoms with Gasteiger partial charge in [-0.25, -0.2) is 4.98 Å². The summed E-state index contributed by atoms with van der Waals surface area (Å²) in [5, 5.41) is 8.78. The quantitative estimate of drug-likeness (QED) is 0.391. The van der Waals surface area contributed by atoms with Crippen LogP contribution >= 0.6 is 0 Å². The van der Waals surface area contributed by atoms with E-state index in [1.54, 1.807) is 13.2 Å². The number of methoxy groups -OCH3 is 1. The molecule has 2 aromatic carbocycles. The molecule has 0 atom stereocenters. The molecule has 2 aliphatic heterocycles. The fraction of sp³-hybridized carbons (Fsp3) is 0.393. The van der Waals surface area contributed by atoms with E-state index in [2.05, 4.69) is 42.8 Å². The van der Waals surface area contributed by atoms with Gasteiger partial charge in [0.15, 0.2) is 0 Å². The molecule has 1 spiro atoms. The molecule has 3 heterocycles. The van der Waals surface area contributed by atoms with Gasteiger partial charge in [-0.3, -0.25) is 4.79 Å². The largest absolute Gasteiger partial charge is 0.494 e. The number of carbonyl (C=O) groups excluding carboxylic acids is 1. The lowest BCUT2D eigenvalue weighted by molar-refractivity contribution is -0.137. The highest BCUT2D eigenvalue weighted by molar-refractivity contribution is 6.08. The molecular weight excluding hydrogens is 523 g/mol. The smallest absolute Gasteiger partial charge is 0.421 e. The number of anilines is 5. The minimum Gasteiger partial charge on any atom is -0.494 e. The summed E-state index contributed by atoms with van der Waals surface area (Å²) in [6, 6.07) is 11.1. The molecule has 1 saturated carbocycles. The van der Waals surface area contributed by atoms with Crippen LogP contribution in [0.15, 0.2) is 42.6 Å². The van der Waals surface area contributed by atoms with Crippen LogP contribution in [0.4, 0.5) is 42.0 Å². The van der Waals surface area contributed by atoms with E-state index in [1.807, 2.05) is 30.3 Å². The number of rotatable bonds is 7. The predicted octanol–water partition coefficient (Wildman–Crippen LogP) is 4.60. The summed E-state index contributed by atoms with van der Waals surface area (Å²) in [6.07, 6.45) is -2.43. The highest BCUT2D eigenvalue weighted by Gasteiger charge is 2.57. The van der Waals surface area contributed by atoms with Crippen molar-refractivity contribution in [1.29, 1.82) is 0 Å². The van der Waals surface area contributed by atoms with E-state index in [4.69, 9.17) is 4.74 Å². The number of alkyl halides is 3. The second-order valence-corrected chi connectivity index (χ2v) is 10.5. The zero-order chi connectivity index (χ0) is 28.1. The molecular formula is C28H30F3N7O2. The summed E-state index contributed by atoms with van der Waals surface area (Å²) >= 11 is 0. The molecule has 3 aliphatic rings. The van der Waals surface area contributed by atoms with E-state index in [0.717, 1.165) is 67.7 Å². The summed E-state index contributed by atoms with van der Waals surface area (Å²) in [7, 11) is 3.63. The van der Waals surface area contributed by atoms with Crippen LogP contribution < -0.4 is 25.6 Å². The van der Waals surface area contributed by atoms with Gasteiger partial charge in [-0.1, -0.05) is 12.1 Å². The van der Waals surface area contributed by atoms with E-state index in [0.29, 0.717) is 11.4 Å². The van der Waals surface area contributed by atoms with Gasteiger partial charge < -0.3 is 30.5 Å². The molecule has 12 heteroatoms. The van der Waals surface area contributed by atoms with Gasteiger partial charge in [0.25, 0.3) is 0 Å². The zero-order valence-electron chi connectivity index (χ0n) is 22.2. The predicted molar refractivity (Wildman–Crippen MR) is 146 cm³/mol. The van der Waals surface area contributed by atoms with Gasteiger partial charge in [-0.05, 0) is 49.2 Å². The topological polar surface area (TPSA) is 94.7 Å². The van der Waals surface area contributed by atoms with E-state index in [9.17, 15) is 18.0 Å². The zero-order valence-corrected chi connectivity index (χ0v) is 22.2. The number of hydrogen-bond acceptors (Lipinski definition) is 8. The van der Waals surface area contributed by atoms with Crippen LogP contribution in [0, 0.1) is 0 Å². The minimum absolute atomic E-state index is 0.00468. The number of hydrogen-bond donors (Lipinski definition) is 3. The van der Waals surface area contributed by atoms with Crippen molar-refractivity contribution >= 4 is 34.7 Å². The lowest BCUT2D eigenvalue weighted by Gasteiger charge is -2.34. The van der Waals surface area contributed by atoms with Crippen molar-refractivity contribution in [2.45, 2.75) is 31.0 Å². The number of carbonyl (C=O) groups is 1. The Kier molecular flexibility index (Phi) is 6.44. The average Bonchev–Trinajstić information content (AvgIpc) is 3.68. The van der Waals surface area contributed by atoms with Crippen molar-refractivity contribution in [2.24, 2.45) is 0 Å². The van der Waals surface area contributed by atoms with Crippen molar-refractivity contribution in [3.05, 3.63) is 59.3 Å². The summed E-state index contributed by atoms with van der Waals surface area (Å²) in [5.41, 5.74) is 2.34. The molecule has 1 amide bonds. The van der Waals surface area contributed by atoms with Crippen molar-refractivity contribution in [3.63, 3.8) is 0 Å². The average molecular weight is 554 g/mol. The molecule has 0 bridgehead atoms. The van der Waals surface area contributed by atoms with E-state index < -0.39 is 17.2 Å². The van der Waals surface area contributed by atoms with Gasteiger partial charge in [-0.2, -0.15) is 18.2 Å². The second-order valence-electron chi connectivity index (χ2n) is 10.5. The molecule has 0 radical (unpaired) electrons. The van der Waals surface area contributed by atoms with Gasteiger partial charge in [0.1, 0.15) is 17.1 Å². The van der Waals surface area contributed by atoms with Crippen LogP contribution in [-0.4, -0.2) is 61.1 Å². The maximum absolute atomic E-state index is 13.9. The molecule has 210 valence electrons. The summed E-state index contributed by atoms with van der Waals surface area (Å²) in [5.74, 6) is 0.126. The van der Waals surface area contributed by atoms with Crippen LogP contribution in [0.3, 0.4) is 0 Å². The van der Waals surface area contributed by atoms with Gasteiger partial charge in [0.05, 0.1) is 18.2 Å². The molecule has 2 fully saturated rings. The van der Waals surface area contributed by atoms with Crippen LogP contribution in [0.5, 0.6) is 5.75 Å². The SMILES string of the molecule is COc1cc(N2CCN(C)CC2)ccc1Nc1ncc(C(F)(F)F)c(NCc2cccc3c2C2(CC2)C(=O)N3)n1. The van der Waals surface area contributed by atoms with Crippen LogP contribution in [0.1, 0.15) is 29.5 Å². The van der Waals surface area contributed by atoms with Crippen LogP contribution in [-0.2, 0) is 22.9 Å². The summed E-state index contributed by atoms with van der Waals surface area (Å²) < 4.78 is 47.2. The third-order valence-corrected chi connectivity index (χ3v) is 7.90. The van der Waals surface area contributed by atoms with Gasteiger partial charge in [0.2, 0.25) is 11.9 Å². The molecule has 9 nitrogen and oxygen atoms in total. The number of ether oxygens (including phenoxy) is 1. The van der Waals surface area contributed by atoms with Crippen molar-refractivity contribution < 1.29 is 22.7 Å².